The lowest BCUT2D eigenvalue weighted by atomic mass is 9.79. The monoisotopic (exact) mass is 182 g/mol. The van der Waals surface area contributed by atoms with E-state index in [0.29, 0.717) is 5.41 Å². The van der Waals surface area contributed by atoms with Crippen LogP contribution in [0.1, 0.15) is 26.2 Å². The fraction of sp³-hybridized carbons (Fsp3) is 1.00. The van der Waals surface area contributed by atoms with Gasteiger partial charge in [0.1, 0.15) is 0 Å². The van der Waals surface area contributed by atoms with Crippen LogP contribution < -0.4 is 0 Å². The van der Waals surface area contributed by atoms with E-state index in [-0.39, 0.29) is 0 Å². The van der Waals surface area contributed by atoms with E-state index in [2.05, 4.69) is 23.8 Å². The second kappa shape index (κ2) is 3.58. The number of piperidine rings is 1. The molecule has 0 atom stereocenters. The molecule has 2 fully saturated rings. The first-order chi connectivity index (χ1) is 6.18. The van der Waals surface area contributed by atoms with E-state index in [1.54, 1.807) is 0 Å². The Hall–Kier alpha value is -0.0800. The quantitative estimate of drug-likeness (QED) is 0.637. The van der Waals surface area contributed by atoms with Crippen LogP contribution in [-0.2, 0) is 0 Å². The second-order valence-corrected chi connectivity index (χ2v) is 5.24. The Labute approximate surface area is 81.9 Å². The Balaban J connectivity index is 1.81. The Morgan fingerprint density at radius 2 is 1.69 bits per heavy atom. The summed E-state index contributed by atoms with van der Waals surface area (Å²) >= 11 is 0. The van der Waals surface area contributed by atoms with E-state index in [9.17, 15) is 0 Å². The van der Waals surface area contributed by atoms with Crippen molar-refractivity contribution in [3.63, 3.8) is 0 Å². The molecule has 0 N–H and O–H groups in total. The Bertz CT molecular complexity index is 167. The van der Waals surface area contributed by atoms with Crippen molar-refractivity contribution in [1.29, 1.82) is 0 Å². The summed E-state index contributed by atoms with van der Waals surface area (Å²) in [5, 5.41) is 0. The predicted molar refractivity (Wildman–Crippen MR) is 55.9 cm³/mol. The SMILES string of the molecule is CN1CCC(C)(CN2CCC2)CC1. The molecule has 2 rings (SSSR count). The molecule has 2 saturated heterocycles. The zero-order valence-electron chi connectivity index (χ0n) is 9.05. The Kier molecular flexibility index (Phi) is 2.61. The molecule has 76 valence electrons. The average Bonchev–Trinajstić information content (AvgIpc) is 2.05. The normalized spacial score (nSPS) is 30.0. The highest BCUT2D eigenvalue weighted by Gasteiger charge is 2.32. The fourth-order valence-corrected chi connectivity index (χ4v) is 2.40. The molecule has 0 unspecified atom stereocenters. The van der Waals surface area contributed by atoms with Crippen molar-refractivity contribution >= 4 is 0 Å². The standard InChI is InChI=1S/C11H22N2/c1-11(10-13-6-3-7-13)4-8-12(2)9-5-11/h3-10H2,1-2H3. The first kappa shape index (κ1) is 9.47. The first-order valence-corrected chi connectivity index (χ1v) is 5.59. The van der Waals surface area contributed by atoms with Gasteiger partial charge in [0, 0.05) is 6.54 Å². The molecule has 2 aliphatic heterocycles. The molecule has 0 aromatic heterocycles. The summed E-state index contributed by atoms with van der Waals surface area (Å²) in [4.78, 5) is 5.07. The Morgan fingerprint density at radius 3 is 2.15 bits per heavy atom. The molecular weight excluding hydrogens is 160 g/mol. The molecule has 2 heterocycles. The van der Waals surface area contributed by atoms with Crippen LogP contribution in [0.15, 0.2) is 0 Å². The summed E-state index contributed by atoms with van der Waals surface area (Å²) in [5.41, 5.74) is 0.618. The fourth-order valence-electron chi connectivity index (χ4n) is 2.40. The number of hydrogen-bond acceptors (Lipinski definition) is 2. The van der Waals surface area contributed by atoms with Crippen LogP contribution in [0.25, 0.3) is 0 Å². The minimum Gasteiger partial charge on any atom is -0.306 e. The van der Waals surface area contributed by atoms with Gasteiger partial charge >= 0.3 is 0 Å². The van der Waals surface area contributed by atoms with Crippen molar-refractivity contribution in [3.8, 4) is 0 Å². The first-order valence-electron chi connectivity index (χ1n) is 5.59. The van der Waals surface area contributed by atoms with Gasteiger partial charge in [-0.3, -0.25) is 0 Å². The molecule has 2 nitrogen and oxygen atoms in total. The summed E-state index contributed by atoms with van der Waals surface area (Å²) in [6.45, 7) is 9.12. The molecular formula is C11H22N2. The molecule has 0 saturated carbocycles. The zero-order valence-corrected chi connectivity index (χ0v) is 9.05. The van der Waals surface area contributed by atoms with Gasteiger partial charge < -0.3 is 9.80 Å². The Morgan fingerprint density at radius 1 is 1.08 bits per heavy atom. The number of likely N-dealkylation sites (tertiary alicyclic amines) is 2. The van der Waals surface area contributed by atoms with Crippen molar-refractivity contribution < 1.29 is 0 Å². The van der Waals surface area contributed by atoms with E-state index in [1.807, 2.05) is 0 Å². The van der Waals surface area contributed by atoms with Crippen LogP contribution in [0.5, 0.6) is 0 Å². The minimum absolute atomic E-state index is 0.618. The molecule has 2 aliphatic rings. The molecule has 0 radical (unpaired) electrons. The van der Waals surface area contributed by atoms with E-state index < -0.39 is 0 Å². The van der Waals surface area contributed by atoms with Gasteiger partial charge in [-0.25, -0.2) is 0 Å². The van der Waals surface area contributed by atoms with Gasteiger partial charge in [0.25, 0.3) is 0 Å². The van der Waals surface area contributed by atoms with Gasteiger partial charge in [0.2, 0.25) is 0 Å². The van der Waals surface area contributed by atoms with Crippen molar-refractivity contribution in [2.75, 3.05) is 39.8 Å². The van der Waals surface area contributed by atoms with E-state index in [0.717, 1.165) is 0 Å². The molecule has 0 bridgehead atoms. The molecule has 2 heteroatoms. The van der Waals surface area contributed by atoms with Crippen LogP contribution in [-0.4, -0.2) is 49.6 Å². The highest BCUT2D eigenvalue weighted by Crippen LogP contribution is 2.32. The number of nitrogens with zero attached hydrogens (tertiary/aromatic N) is 2. The van der Waals surface area contributed by atoms with Crippen molar-refractivity contribution in [2.45, 2.75) is 26.2 Å². The van der Waals surface area contributed by atoms with Gasteiger partial charge in [-0.05, 0) is 57.9 Å². The van der Waals surface area contributed by atoms with Crippen LogP contribution in [0.3, 0.4) is 0 Å². The maximum atomic E-state index is 2.62. The predicted octanol–water partition coefficient (Wildman–Crippen LogP) is 1.42. The summed E-state index contributed by atoms with van der Waals surface area (Å²) < 4.78 is 0. The molecule has 13 heavy (non-hydrogen) atoms. The lowest BCUT2D eigenvalue weighted by Gasteiger charge is -2.44. The summed E-state index contributed by atoms with van der Waals surface area (Å²) in [5.74, 6) is 0. The average molecular weight is 182 g/mol. The van der Waals surface area contributed by atoms with Gasteiger partial charge in [-0.1, -0.05) is 6.92 Å². The third-order valence-electron chi connectivity index (χ3n) is 3.75. The number of hydrogen-bond donors (Lipinski definition) is 0. The van der Waals surface area contributed by atoms with Gasteiger partial charge in [0.05, 0.1) is 0 Å². The third-order valence-corrected chi connectivity index (χ3v) is 3.75. The lowest BCUT2D eigenvalue weighted by Crippen LogP contribution is -2.48. The smallest absolute Gasteiger partial charge is 0.00363 e. The maximum absolute atomic E-state index is 2.62. The summed E-state index contributed by atoms with van der Waals surface area (Å²) in [7, 11) is 2.24. The maximum Gasteiger partial charge on any atom is 0.00363 e. The molecule has 0 spiro atoms. The van der Waals surface area contributed by atoms with Crippen LogP contribution in [0.2, 0.25) is 0 Å². The molecule has 0 aromatic carbocycles. The van der Waals surface area contributed by atoms with E-state index >= 15 is 0 Å². The van der Waals surface area contributed by atoms with Crippen LogP contribution in [0, 0.1) is 5.41 Å². The van der Waals surface area contributed by atoms with Crippen LogP contribution >= 0.6 is 0 Å². The molecule has 0 aromatic rings. The molecule has 0 amide bonds. The van der Waals surface area contributed by atoms with Crippen molar-refractivity contribution in [1.82, 2.24) is 9.80 Å². The topological polar surface area (TPSA) is 6.48 Å². The largest absolute Gasteiger partial charge is 0.306 e. The van der Waals surface area contributed by atoms with Crippen LogP contribution in [0.4, 0.5) is 0 Å². The van der Waals surface area contributed by atoms with Gasteiger partial charge in [0.15, 0.2) is 0 Å². The summed E-state index contributed by atoms with van der Waals surface area (Å²) in [6.07, 6.45) is 4.20. The van der Waals surface area contributed by atoms with Gasteiger partial charge in [-0.2, -0.15) is 0 Å². The van der Waals surface area contributed by atoms with E-state index in [1.165, 1.54) is 52.0 Å². The van der Waals surface area contributed by atoms with Gasteiger partial charge in [-0.15, -0.1) is 0 Å². The van der Waals surface area contributed by atoms with Crippen molar-refractivity contribution in [2.24, 2.45) is 5.41 Å². The highest BCUT2D eigenvalue weighted by atomic mass is 15.2. The second-order valence-electron chi connectivity index (χ2n) is 5.24. The third kappa shape index (κ3) is 2.23. The zero-order chi connectivity index (χ0) is 9.31. The summed E-state index contributed by atoms with van der Waals surface area (Å²) in [6, 6.07) is 0. The van der Waals surface area contributed by atoms with Crippen molar-refractivity contribution in [3.05, 3.63) is 0 Å². The number of rotatable bonds is 2. The van der Waals surface area contributed by atoms with E-state index in [4.69, 9.17) is 0 Å². The minimum atomic E-state index is 0.618. The highest BCUT2D eigenvalue weighted by molar-refractivity contribution is 4.86. The lowest BCUT2D eigenvalue weighted by molar-refractivity contribution is 0.0578. The molecule has 0 aliphatic carbocycles.